The molecule has 2 aromatic heterocycles. The van der Waals surface area contributed by atoms with E-state index in [1.54, 1.807) is 17.5 Å². The van der Waals surface area contributed by atoms with Crippen LogP contribution >= 0.6 is 11.3 Å². The summed E-state index contributed by atoms with van der Waals surface area (Å²) in [6, 6.07) is 5.24. The maximum atomic E-state index is 12.6. The van der Waals surface area contributed by atoms with E-state index in [2.05, 4.69) is 9.97 Å². The zero-order chi connectivity index (χ0) is 15.7. The van der Waals surface area contributed by atoms with Crippen LogP contribution in [0, 0.1) is 13.8 Å². The number of ether oxygens (including phenoxy) is 1. The molecule has 1 saturated heterocycles. The third-order valence-corrected chi connectivity index (χ3v) is 6.64. The number of hydrogen-bond acceptors (Lipinski definition) is 6. The van der Waals surface area contributed by atoms with Crippen LogP contribution in [0.1, 0.15) is 23.3 Å². The Morgan fingerprint density at radius 1 is 1.32 bits per heavy atom. The molecular formula is C14H17N3O3S2. The third-order valence-electron chi connectivity index (χ3n) is 3.41. The van der Waals surface area contributed by atoms with Crippen molar-refractivity contribution in [3.05, 3.63) is 40.8 Å². The number of thiophene rings is 1. The largest absolute Gasteiger partial charge is 0.367 e. The van der Waals surface area contributed by atoms with Crippen LogP contribution in [0.25, 0.3) is 0 Å². The maximum Gasteiger partial charge on any atom is 0.252 e. The first kappa shape index (κ1) is 15.5. The van der Waals surface area contributed by atoms with E-state index in [0.29, 0.717) is 23.2 Å². The van der Waals surface area contributed by atoms with E-state index < -0.39 is 16.1 Å². The smallest absolute Gasteiger partial charge is 0.252 e. The number of sulfonamides is 1. The summed E-state index contributed by atoms with van der Waals surface area (Å²) in [5.74, 6) is 0.545. The molecule has 1 fully saturated rings. The molecule has 8 heteroatoms. The van der Waals surface area contributed by atoms with E-state index >= 15 is 0 Å². The summed E-state index contributed by atoms with van der Waals surface area (Å²) in [5.41, 5.74) is 1.70. The molecule has 0 aromatic carbocycles. The van der Waals surface area contributed by atoms with Crippen LogP contribution in [0.5, 0.6) is 0 Å². The fourth-order valence-electron chi connectivity index (χ4n) is 2.43. The number of hydrogen-bond donors (Lipinski definition) is 0. The van der Waals surface area contributed by atoms with Crippen molar-refractivity contribution in [2.24, 2.45) is 0 Å². The topological polar surface area (TPSA) is 72.4 Å². The van der Waals surface area contributed by atoms with E-state index in [1.165, 1.54) is 15.6 Å². The predicted octanol–water partition coefficient (Wildman–Crippen LogP) is 1.92. The molecule has 0 bridgehead atoms. The molecule has 2 aromatic rings. The summed E-state index contributed by atoms with van der Waals surface area (Å²) in [5, 5.41) is 1.76. The van der Waals surface area contributed by atoms with Gasteiger partial charge in [0.2, 0.25) is 0 Å². The summed E-state index contributed by atoms with van der Waals surface area (Å²) in [7, 11) is -3.46. The summed E-state index contributed by atoms with van der Waals surface area (Å²) >= 11 is 1.22. The van der Waals surface area contributed by atoms with Crippen LogP contribution in [0.2, 0.25) is 0 Å². The molecule has 3 heterocycles. The average Bonchev–Trinajstić information content (AvgIpc) is 3.01. The minimum atomic E-state index is -3.46. The van der Waals surface area contributed by atoms with Crippen LogP contribution in [0.3, 0.4) is 0 Å². The second kappa shape index (κ2) is 6.04. The van der Waals surface area contributed by atoms with Gasteiger partial charge in [-0.1, -0.05) is 6.07 Å². The molecule has 0 saturated carbocycles. The number of nitrogens with zero attached hydrogens (tertiary/aromatic N) is 3. The Hall–Kier alpha value is -1.35. The van der Waals surface area contributed by atoms with Crippen molar-refractivity contribution >= 4 is 21.4 Å². The van der Waals surface area contributed by atoms with Gasteiger partial charge in [0.1, 0.15) is 10.3 Å². The van der Waals surface area contributed by atoms with E-state index in [9.17, 15) is 8.42 Å². The molecule has 0 aliphatic carbocycles. The summed E-state index contributed by atoms with van der Waals surface area (Å²) in [4.78, 5) is 8.76. The lowest BCUT2D eigenvalue weighted by atomic mass is 10.2. The number of aryl methyl sites for hydroxylation is 2. The Morgan fingerprint density at radius 2 is 2.05 bits per heavy atom. The van der Waals surface area contributed by atoms with Gasteiger partial charge in [-0.05, 0) is 31.4 Å². The SMILES string of the molecule is Cc1cc(C)nc([C@@H]2CN(S(=O)(=O)c3cccs3)CCO2)n1. The standard InChI is InChI=1S/C14H17N3O3S2/c1-10-8-11(2)16-14(15-10)12-9-17(5-6-20-12)22(18,19)13-4-3-7-21-13/h3-4,7-8,12H,5-6,9H2,1-2H3/t12-/m0/s1. The molecule has 0 N–H and O–H groups in total. The molecule has 118 valence electrons. The van der Waals surface area contributed by atoms with Crippen LogP contribution in [-0.2, 0) is 14.8 Å². The Labute approximate surface area is 133 Å². The molecule has 6 nitrogen and oxygen atoms in total. The monoisotopic (exact) mass is 339 g/mol. The van der Waals surface area contributed by atoms with Crippen molar-refractivity contribution in [1.29, 1.82) is 0 Å². The van der Waals surface area contributed by atoms with Gasteiger partial charge in [-0.3, -0.25) is 0 Å². The van der Waals surface area contributed by atoms with Gasteiger partial charge < -0.3 is 4.74 Å². The van der Waals surface area contributed by atoms with Crippen LogP contribution < -0.4 is 0 Å². The highest BCUT2D eigenvalue weighted by Crippen LogP contribution is 2.27. The first-order valence-electron chi connectivity index (χ1n) is 6.94. The highest BCUT2D eigenvalue weighted by atomic mass is 32.2. The second-order valence-corrected chi connectivity index (χ2v) is 8.28. The Bertz CT molecular complexity index is 739. The van der Waals surface area contributed by atoms with Crippen molar-refractivity contribution in [3.63, 3.8) is 0 Å². The fourth-order valence-corrected chi connectivity index (χ4v) is 5.00. The van der Waals surface area contributed by atoms with E-state index in [1.807, 2.05) is 19.9 Å². The molecule has 0 spiro atoms. The first-order valence-corrected chi connectivity index (χ1v) is 9.26. The molecule has 1 aliphatic heterocycles. The molecule has 0 unspecified atom stereocenters. The van der Waals surface area contributed by atoms with Crippen LogP contribution in [0.15, 0.2) is 27.8 Å². The van der Waals surface area contributed by atoms with Gasteiger partial charge >= 0.3 is 0 Å². The zero-order valence-corrected chi connectivity index (χ0v) is 14.0. The fraction of sp³-hybridized carbons (Fsp3) is 0.429. The number of aromatic nitrogens is 2. The molecule has 0 amide bonds. The lowest BCUT2D eigenvalue weighted by molar-refractivity contribution is -0.00764. The highest BCUT2D eigenvalue weighted by Gasteiger charge is 2.33. The zero-order valence-electron chi connectivity index (χ0n) is 12.4. The Kier molecular flexibility index (Phi) is 4.26. The summed E-state index contributed by atoms with van der Waals surface area (Å²) in [6.07, 6.45) is -0.429. The Balaban J connectivity index is 1.86. The van der Waals surface area contributed by atoms with Gasteiger partial charge in [0.05, 0.1) is 6.61 Å². The molecule has 22 heavy (non-hydrogen) atoms. The molecule has 3 rings (SSSR count). The van der Waals surface area contributed by atoms with E-state index in [0.717, 1.165) is 11.4 Å². The molecule has 1 atom stereocenters. The van der Waals surface area contributed by atoms with E-state index in [-0.39, 0.29) is 6.54 Å². The minimum absolute atomic E-state index is 0.239. The van der Waals surface area contributed by atoms with Crippen molar-refractivity contribution in [3.8, 4) is 0 Å². The highest BCUT2D eigenvalue weighted by molar-refractivity contribution is 7.91. The second-order valence-electron chi connectivity index (χ2n) is 5.16. The van der Waals surface area contributed by atoms with Gasteiger partial charge in [0, 0.05) is 24.5 Å². The molecule has 1 aliphatic rings. The maximum absolute atomic E-state index is 12.6. The van der Waals surface area contributed by atoms with Gasteiger partial charge in [0.25, 0.3) is 10.0 Å². The minimum Gasteiger partial charge on any atom is -0.367 e. The van der Waals surface area contributed by atoms with Crippen LogP contribution in [0.4, 0.5) is 0 Å². The molecule has 0 radical (unpaired) electrons. The van der Waals surface area contributed by atoms with Gasteiger partial charge in [0.15, 0.2) is 5.82 Å². The van der Waals surface area contributed by atoms with Crippen molar-refractivity contribution < 1.29 is 13.2 Å². The first-order chi connectivity index (χ1) is 10.5. The van der Waals surface area contributed by atoms with Crippen molar-refractivity contribution in [1.82, 2.24) is 14.3 Å². The lowest BCUT2D eigenvalue weighted by Gasteiger charge is -2.31. The van der Waals surface area contributed by atoms with Crippen molar-refractivity contribution in [2.45, 2.75) is 24.2 Å². The summed E-state index contributed by atoms with van der Waals surface area (Å²) in [6.45, 7) is 4.71. The predicted molar refractivity (Wildman–Crippen MR) is 83.3 cm³/mol. The van der Waals surface area contributed by atoms with Crippen LogP contribution in [-0.4, -0.2) is 42.4 Å². The van der Waals surface area contributed by atoms with Crippen molar-refractivity contribution in [2.75, 3.05) is 19.7 Å². The summed E-state index contributed by atoms with van der Waals surface area (Å²) < 4.78 is 32.7. The lowest BCUT2D eigenvalue weighted by Crippen LogP contribution is -2.42. The molecular weight excluding hydrogens is 322 g/mol. The van der Waals surface area contributed by atoms with Gasteiger partial charge in [-0.15, -0.1) is 11.3 Å². The van der Waals surface area contributed by atoms with E-state index in [4.69, 9.17) is 4.74 Å². The average molecular weight is 339 g/mol. The van der Waals surface area contributed by atoms with Gasteiger partial charge in [-0.25, -0.2) is 18.4 Å². The number of rotatable bonds is 3. The Morgan fingerprint density at radius 3 is 2.68 bits per heavy atom. The quantitative estimate of drug-likeness (QED) is 0.854. The van der Waals surface area contributed by atoms with Gasteiger partial charge in [-0.2, -0.15) is 4.31 Å². The number of morpholine rings is 1. The third kappa shape index (κ3) is 3.05. The normalized spacial score (nSPS) is 20.2.